The number of methoxy groups -OCH3 is 1. The summed E-state index contributed by atoms with van der Waals surface area (Å²) in [6.07, 6.45) is 2.22. The van der Waals surface area contributed by atoms with Gasteiger partial charge < -0.3 is 9.64 Å². The minimum atomic E-state index is 0.940. The van der Waals surface area contributed by atoms with E-state index in [-0.39, 0.29) is 0 Å². The van der Waals surface area contributed by atoms with Crippen molar-refractivity contribution in [1.29, 1.82) is 0 Å². The minimum Gasteiger partial charge on any atom is -0.497 e. The van der Waals surface area contributed by atoms with E-state index in [0.29, 0.717) is 0 Å². The van der Waals surface area contributed by atoms with Crippen molar-refractivity contribution in [2.75, 3.05) is 33.0 Å². The molecule has 1 aromatic carbocycles. The number of ether oxygens (including phenoxy) is 1. The maximum absolute atomic E-state index is 5.20. The molecule has 0 radical (unpaired) electrons. The van der Waals surface area contributed by atoms with Crippen LogP contribution in [0.4, 0.5) is 0 Å². The Morgan fingerprint density at radius 1 is 1.31 bits per heavy atom. The molecule has 0 saturated carbocycles. The van der Waals surface area contributed by atoms with Crippen molar-refractivity contribution >= 4 is 12.6 Å². The first kappa shape index (κ1) is 13.4. The largest absolute Gasteiger partial charge is 0.497 e. The van der Waals surface area contributed by atoms with Crippen molar-refractivity contribution in [2.24, 2.45) is 0 Å². The van der Waals surface area contributed by atoms with Gasteiger partial charge in [0.05, 0.1) is 7.11 Å². The molecule has 0 saturated heterocycles. The number of rotatable bonds is 7. The van der Waals surface area contributed by atoms with Crippen LogP contribution in [0.5, 0.6) is 5.75 Å². The number of likely N-dealkylation sites (N-methyl/N-ethyl adjacent to an activating group) is 1. The number of thiol groups is 1. The lowest BCUT2D eigenvalue weighted by molar-refractivity contribution is 0.340. The van der Waals surface area contributed by atoms with Gasteiger partial charge in [0.2, 0.25) is 0 Å². The molecule has 16 heavy (non-hydrogen) atoms. The van der Waals surface area contributed by atoms with E-state index in [1.54, 1.807) is 7.11 Å². The van der Waals surface area contributed by atoms with Gasteiger partial charge >= 0.3 is 0 Å². The van der Waals surface area contributed by atoms with E-state index in [4.69, 9.17) is 4.74 Å². The Bertz CT molecular complexity index is 304. The molecule has 3 heteroatoms. The molecule has 1 aromatic rings. The highest BCUT2D eigenvalue weighted by molar-refractivity contribution is 7.80. The molecule has 0 N–H and O–H groups in total. The Kier molecular flexibility index (Phi) is 6.34. The van der Waals surface area contributed by atoms with Gasteiger partial charge in [0, 0.05) is 6.54 Å². The Balaban J connectivity index is 2.35. The third-order valence-electron chi connectivity index (χ3n) is 2.61. The van der Waals surface area contributed by atoms with Crippen molar-refractivity contribution in [2.45, 2.75) is 12.8 Å². The van der Waals surface area contributed by atoms with Gasteiger partial charge in [-0.25, -0.2) is 0 Å². The first-order valence-electron chi connectivity index (χ1n) is 5.68. The molecule has 0 aliphatic heterocycles. The van der Waals surface area contributed by atoms with Gasteiger partial charge in [-0.1, -0.05) is 12.1 Å². The van der Waals surface area contributed by atoms with Gasteiger partial charge in [0.25, 0.3) is 0 Å². The summed E-state index contributed by atoms with van der Waals surface area (Å²) in [5, 5.41) is 0. The van der Waals surface area contributed by atoms with Crippen LogP contribution >= 0.6 is 12.6 Å². The first-order chi connectivity index (χ1) is 7.76. The smallest absolute Gasteiger partial charge is 0.119 e. The van der Waals surface area contributed by atoms with Crippen LogP contribution in [0, 0.1) is 0 Å². The number of nitrogens with zero attached hydrogens (tertiary/aromatic N) is 1. The molecule has 0 heterocycles. The highest BCUT2D eigenvalue weighted by Crippen LogP contribution is 2.13. The average molecular weight is 239 g/mol. The molecule has 0 spiro atoms. The van der Waals surface area contributed by atoms with E-state index >= 15 is 0 Å². The van der Waals surface area contributed by atoms with Gasteiger partial charge in [-0.05, 0) is 49.9 Å². The zero-order chi connectivity index (χ0) is 11.8. The summed E-state index contributed by atoms with van der Waals surface area (Å²) in [6.45, 7) is 2.20. The highest BCUT2D eigenvalue weighted by atomic mass is 32.1. The average Bonchev–Trinajstić information content (AvgIpc) is 2.34. The molecule has 0 bridgehead atoms. The van der Waals surface area contributed by atoms with Gasteiger partial charge in [-0.15, -0.1) is 0 Å². The Morgan fingerprint density at radius 2 is 2.12 bits per heavy atom. The summed E-state index contributed by atoms with van der Waals surface area (Å²) in [5.41, 5.74) is 1.33. The van der Waals surface area contributed by atoms with Crippen LogP contribution < -0.4 is 4.74 Å². The molecular formula is C13H21NOS. The standard InChI is InChI=1S/C13H21NOS/c1-14(8-4-10-16)9-7-12-5-3-6-13(11-12)15-2/h3,5-6,11,16H,4,7-10H2,1-2H3. The Morgan fingerprint density at radius 3 is 2.81 bits per heavy atom. The van der Waals surface area contributed by atoms with Crippen LogP contribution in [-0.4, -0.2) is 37.9 Å². The fourth-order valence-electron chi connectivity index (χ4n) is 1.60. The summed E-state index contributed by atoms with van der Waals surface area (Å²) < 4.78 is 5.20. The molecule has 0 aromatic heterocycles. The SMILES string of the molecule is COc1cccc(CCN(C)CCCS)c1. The van der Waals surface area contributed by atoms with E-state index in [9.17, 15) is 0 Å². The quantitative estimate of drug-likeness (QED) is 0.734. The first-order valence-corrected chi connectivity index (χ1v) is 6.32. The summed E-state index contributed by atoms with van der Waals surface area (Å²) in [7, 11) is 3.86. The molecule has 0 unspecified atom stereocenters. The zero-order valence-electron chi connectivity index (χ0n) is 10.1. The fraction of sp³-hybridized carbons (Fsp3) is 0.538. The van der Waals surface area contributed by atoms with Crippen LogP contribution in [0.25, 0.3) is 0 Å². The predicted molar refractivity (Wildman–Crippen MR) is 72.7 cm³/mol. The third-order valence-corrected chi connectivity index (χ3v) is 2.93. The van der Waals surface area contributed by atoms with Gasteiger partial charge in [-0.2, -0.15) is 12.6 Å². The Labute approximate surface area is 104 Å². The zero-order valence-corrected chi connectivity index (χ0v) is 11.0. The lowest BCUT2D eigenvalue weighted by atomic mass is 10.1. The molecule has 0 fully saturated rings. The number of hydrogen-bond acceptors (Lipinski definition) is 3. The number of benzene rings is 1. The highest BCUT2D eigenvalue weighted by Gasteiger charge is 2.00. The van der Waals surface area contributed by atoms with E-state index in [2.05, 4.69) is 36.7 Å². The van der Waals surface area contributed by atoms with Crippen LogP contribution in [-0.2, 0) is 6.42 Å². The van der Waals surface area contributed by atoms with Crippen LogP contribution in [0.2, 0.25) is 0 Å². The van der Waals surface area contributed by atoms with E-state index in [1.165, 1.54) is 5.56 Å². The second-order valence-corrected chi connectivity index (χ2v) is 4.43. The molecular weight excluding hydrogens is 218 g/mol. The van der Waals surface area contributed by atoms with Crippen molar-refractivity contribution in [3.63, 3.8) is 0 Å². The van der Waals surface area contributed by atoms with Crippen LogP contribution in [0.1, 0.15) is 12.0 Å². The summed E-state index contributed by atoms with van der Waals surface area (Å²) in [4.78, 5) is 2.34. The lowest BCUT2D eigenvalue weighted by Gasteiger charge is -2.15. The topological polar surface area (TPSA) is 12.5 Å². The van der Waals surface area contributed by atoms with Gasteiger partial charge in [0.1, 0.15) is 5.75 Å². The molecule has 0 amide bonds. The van der Waals surface area contributed by atoms with Crippen molar-refractivity contribution in [1.82, 2.24) is 4.90 Å². The molecule has 0 aliphatic carbocycles. The van der Waals surface area contributed by atoms with E-state index < -0.39 is 0 Å². The van der Waals surface area contributed by atoms with Crippen molar-refractivity contribution < 1.29 is 4.74 Å². The maximum Gasteiger partial charge on any atom is 0.119 e. The molecule has 0 atom stereocenters. The summed E-state index contributed by atoms with van der Waals surface area (Å²) in [6, 6.07) is 8.28. The van der Waals surface area contributed by atoms with Crippen molar-refractivity contribution in [3.05, 3.63) is 29.8 Å². The lowest BCUT2D eigenvalue weighted by Crippen LogP contribution is -2.22. The molecule has 0 aliphatic rings. The molecule has 1 rings (SSSR count). The second kappa shape index (κ2) is 7.58. The predicted octanol–water partition coefficient (Wildman–Crippen LogP) is 2.49. The Hall–Kier alpha value is -0.670. The van der Waals surface area contributed by atoms with Gasteiger partial charge in [-0.3, -0.25) is 0 Å². The monoisotopic (exact) mass is 239 g/mol. The van der Waals surface area contributed by atoms with E-state index in [1.807, 2.05) is 12.1 Å². The number of hydrogen-bond donors (Lipinski definition) is 1. The van der Waals surface area contributed by atoms with E-state index in [0.717, 1.165) is 37.4 Å². The normalized spacial score (nSPS) is 10.8. The second-order valence-electron chi connectivity index (χ2n) is 3.98. The fourth-order valence-corrected chi connectivity index (χ4v) is 1.74. The van der Waals surface area contributed by atoms with Crippen molar-refractivity contribution in [3.8, 4) is 5.75 Å². The van der Waals surface area contributed by atoms with Crippen LogP contribution in [0.15, 0.2) is 24.3 Å². The molecule has 90 valence electrons. The van der Waals surface area contributed by atoms with Gasteiger partial charge in [0.15, 0.2) is 0 Å². The maximum atomic E-state index is 5.20. The summed E-state index contributed by atoms with van der Waals surface area (Å²) >= 11 is 4.22. The van der Waals surface area contributed by atoms with Crippen LogP contribution in [0.3, 0.4) is 0 Å². The third kappa shape index (κ3) is 4.90. The summed E-state index contributed by atoms with van der Waals surface area (Å²) in [5.74, 6) is 1.90. The minimum absolute atomic E-state index is 0.940. The molecule has 2 nitrogen and oxygen atoms in total.